The first kappa shape index (κ1) is 14.8. The molecule has 0 aliphatic heterocycles. The zero-order chi connectivity index (χ0) is 14.4. The minimum absolute atomic E-state index is 0.230. The standard InChI is InChI=1S/C16H19ClN2O/c1-3-18-15(13-5-4-6-14(17)10-13)9-12-7-8-16(20-2)19-11-12/h4-8,10-11,15,18H,3,9H2,1-2H3. The lowest BCUT2D eigenvalue weighted by Gasteiger charge is -2.18. The van der Waals surface area contributed by atoms with Crippen molar-refractivity contribution in [2.45, 2.75) is 19.4 Å². The van der Waals surface area contributed by atoms with Crippen molar-refractivity contribution in [3.8, 4) is 5.88 Å². The topological polar surface area (TPSA) is 34.1 Å². The fourth-order valence-electron chi connectivity index (χ4n) is 2.17. The number of rotatable bonds is 6. The van der Waals surface area contributed by atoms with E-state index >= 15 is 0 Å². The molecule has 0 amide bonds. The quantitative estimate of drug-likeness (QED) is 0.882. The summed E-state index contributed by atoms with van der Waals surface area (Å²) in [6, 6.07) is 12.1. The second-order valence-electron chi connectivity index (χ2n) is 4.58. The van der Waals surface area contributed by atoms with E-state index in [2.05, 4.69) is 23.3 Å². The van der Waals surface area contributed by atoms with E-state index in [0.29, 0.717) is 5.88 Å². The van der Waals surface area contributed by atoms with Crippen LogP contribution >= 0.6 is 11.6 Å². The van der Waals surface area contributed by atoms with Crippen LogP contribution < -0.4 is 10.1 Å². The molecule has 1 N–H and O–H groups in total. The van der Waals surface area contributed by atoms with Gasteiger partial charge in [0.2, 0.25) is 5.88 Å². The van der Waals surface area contributed by atoms with E-state index in [4.69, 9.17) is 16.3 Å². The van der Waals surface area contributed by atoms with Crippen LogP contribution in [0.1, 0.15) is 24.1 Å². The first-order valence-corrected chi connectivity index (χ1v) is 7.08. The number of hydrogen-bond acceptors (Lipinski definition) is 3. The maximum Gasteiger partial charge on any atom is 0.212 e. The first-order chi connectivity index (χ1) is 9.72. The third kappa shape index (κ3) is 3.95. The Morgan fingerprint density at radius 1 is 1.30 bits per heavy atom. The fraction of sp³-hybridized carbons (Fsp3) is 0.312. The molecule has 2 rings (SSSR count). The fourth-order valence-corrected chi connectivity index (χ4v) is 2.36. The summed E-state index contributed by atoms with van der Waals surface area (Å²) in [5.74, 6) is 0.636. The number of ether oxygens (including phenoxy) is 1. The highest BCUT2D eigenvalue weighted by Crippen LogP contribution is 2.22. The Morgan fingerprint density at radius 3 is 2.75 bits per heavy atom. The van der Waals surface area contributed by atoms with Gasteiger partial charge in [0, 0.05) is 23.3 Å². The predicted octanol–water partition coefficient (Wildman–Crippen LogP) is 3.64. The second kappa shape index (κ2) is 7.27. The van der Waals surface area contributed by atoms with Gasteiger partial charge in [-0.25, -0.2) is 4.98 Å². The van der Waals surface area contributed by atoms with Gasteiger partial charge < -0.3 is 10.1 Å². The van der Waals surface area contributed by atoms with Gasteiger partial charge in [-0.3, -0.25) is 0 Å². The van der Waals surface area contributed by atoms with Gasteiger partial charge in [-0.2, -0.15) is 0 Å². The van der Waals surface area contributed by atoms with Crippen LogP contribution in [-0.4, -0.2) is 18.6 Å². The van der Waals surface area contributed by atoms with Crippen molar-refractivity contribution < 1.29 is 4.74 Å². The molecular weight excluding hydrogens is 272 g/mol. The molecule has 0 bridgehead atoms. The van der Waals surface area contributed by atoms with Crippen molar-refractivity contribution in [2.75, 3.05) is 13.7 Å². The number of aromatic nitrogens is 1. The largest absolute Gasteiger partial charge is 0.481 e. The third-order valence-corrected chi connectivity index (χ3v) is 3.38. The number of nitrogens with one attached hydrogen (secondary N) is 1. The van der Waals surface area contributed by atoms with E-state index in [1.807, 2.05) is 36.5 Å². The zero-order valence-electron chi connectivity index (χ0n) is 11.8. The summed E-state index contributed by atoms with van der Waals surface area (Å²) in [7, 11) is 1.62. The Kier molecular flexibility index (Phi) is 5.39. The van der Waals surface area contributed by atoms with Crippen molar-refractivity contribution in [1.29, 1.82) is 0 Å². The highest BCUT2D eigenvalue weighted by atomic mass is 35.5. The van der Waals surface area contributed by atoms with Crippen LogP contribution in [0.4, 0.5) is 0 Å². The summed E-state index contributed by atoms with van der Waals surface area (Å²) in [6.07, 6.45) is 2.72. The van der Waals surface area contributed by atoms with Crippen LogP contribution in [-0.2, 0) is 6.42 Å². The van der Waals surface area contributed by atoms with Gasteiger partial charge in [-0.05, 0) is 36.2 Å². The molecule has 1 aromatic carbocycles. The molecule has 0 saturated carbocycles. The Bertz CT molecular complexity index is 542. The van der Waals surface area contributed by atoms with E-state index in [0.717, 1.165) is 23.6 Å². The van der Waals surface area contributed by atoms with Crippen molar-refractivity contribution in [3.63, 3.8) is 0 Å². The van der Waals surface area contributed by atoms with E-state index in [9.17, 15) is 0 Å². The molecular formula is C16H19ClN2O. The zero-order valence-corrected chi connectivity index (χ0v) is 12.5. The molecule has 20 heavy (non-hydrogen) atoms. The van der Waals surface area contributed by atoms with E-state index < -0.39 is 0 Å². The van der Waals surface area contributed by atoms with E-state index in [1.165, 1.54) is 5.56 Å². The van der Waals surface area contributed by atoms with Gasteiger partial charge in [0.15, 0.2) is 0 Å². The summed E-state index contributed by atoms with van der Waals surface area (Å²) in [5, 5.41) is 4.25. The monoisotopic (exact) mass is 290 g/mol. The van der Waals surface area contributed by atoms with Crippen molar-refractivity contribution in [3.05, 3.63) is 58.7 Å². The average molecular weight is 291 g/mol. The molecule has 1 heterocycles. The molecule has 0 aliphatic carbocycles. The van der Waals surface area contributed by atoms with Gasteiger partial charge in [0.25, 0.3) is 0 Å². The molecule has 1 atom stereocenters. The van der Waals surface area contributed by atoms with Crippen LogP contribution in [0.25, 0.3) is 0 Å². The molecule has 0 aliphatic rings. The van der Waals surface area contributed by atoms with Gasteiger partial charge in [-0.1, -0.05) is 36.7 Å². The van der Waals surface area contributed by atoms with Crippen LogP contribution in [0.15, 0.2) is 42.6 Å². The lowest BCUT2D eigenvalue weighted by Crippen LogP contribution is -2.23. The number of pyridine rings is 1. The Balaban J connectivity index is 2.16. The maximum absolute atomic E-state index is 6.07. The van der Waals surface area contributed by atoms with Gasteiger partial charge in [0.05, 0.1) is 7.11 Å². The second-order valence-corrected chi connectivity index (χ2v) is 5.01. The molecule has 0 spiro atoms. The summed E-state index contributed by atoms with van der Waals surface area (Å²) >= 11 is 6.07. The number of halogens is 1. The average Bonchev–Trinajstić information content (AvgIpc) is 2.47. The summed E-state index contributed by atoms with van der Waals surface area (Å²) in [5.41, 5.74) is 2.35. The van der Waals surface area contributed by atoms with Crippen LogP contribution in [0.2, 0.25) is 5.02 Å². The normalized spacial score (nSPS) is 12.2. The number of nitrogens with zero attached hydrogens (tertiary/aromatic N) is 1. The molecule has 0 fully saturated rings. The molecule has 3 nitrogen and oxygen atoms in total. The number of methoxy groups -OCH3 is 1. The van der Waals surface area contributed by atoms with Gasteiger partial charge in [-0.15, -0.1) is 0 Å². The molecule has 1 unspecified atom stereocenters. The lowest BCUT2D eigenvalue weighted by atomic mass is 10.00. The highest BCUT2D eigenvalue weighted by Gasteiger charge is 2.12. The Hall–Kier alpha value is -1.58. The molecule has 1 aromatic heterocycles. The maximum atomic E-state index is 6.07. The van der Waals surface area contributed by atoms with Crippen LogP contribution in [0.5, 0.6) is 5.88 Å². The Morgan fingerprint density at radius 2 is 2.15 bits per heavy atom. The molecule has 106 valence electrons. The predicted molar refractivity (Wildman–Crippen MR) is 82.4 cm³/mol. The molecule has 4 heteroatoms. The summed E-state index contributed by atoms with van der Waals surface area (Å²) in [4.78, 5) is 4.25. The number of likely N-dealkylation sites (N-methyl/N-ethyl adjacent to an activating group) is 1. The SMILES string of the molecule is CCNC(Cc1ccc(OC)nc1)c1cccc(Cl)c1. The first-order valence-electron chi connectivity index (χ1n) is 6.70. The lowest BCUT2D eigenvalue weighted by molar-refractivity contribution is 0.397. The minimum Gasteiger partial charge on any atom is -0.481 e. The van der Waals surface area contributed by atoms with Gasteiger partial charge in [0.1, 0.15) is 0 Å². The van der Waals surface area contributed by atoms with Crippen molar-refractivity contribution in [1.82, 2.24) is 10.3 Å². The summed E-state index contributed by atoms with van der Waals surface area (Å²) < 4.78 is 5.08. The van der Waals surface area contributed by atoms with Crippen LogP contribution in [0.3, 0.4) is 0 Å². The number of benzene rings is 1. The van der Waals surface area contributed by atoms with Crippen molar-refractivity contribution in [2.24, 2.45) is 0 Å². The molecule has 0 saturated heterocycles. The van der Waals surface area contributed by atoms with Crippen molar-refractivity contribution >= 4 is 11.6 Å². The summed E-state index contributed by atoms with van der Waals surface area (Å²) in [6.45, 7) is 3.00. The molecule has 0 radical (unpaired) electrons. The molecule has 2 aromatic rings. The van der Waals surface area contributed by atoms with Crippen LogP contribution in [0, 0.1) is 0 Å². The van der Waals surface area contributed by atoms with E-state index in [1.54, 1.807) is 7.11 Å². The minimum atomic E-state index is 0.230. The highest BCUT2D eigenvalue weighted by molar-refractivity contribution is 6.30. The smallest absolute Gasteiger partial charge is 0.212 e. The Labute approximate surface area is 124 Å². The number of hydrogen-bond donors (Lipinski definition) is 1. The third-order valence-electron chi connectivity index (χ3n) is 3.15. The van der Waals surface area contributed by atoms with Gasteiger partial charge >= 0.3 is 0 Å². The van der Waals surface area contributed by atoms with E-state index in [-0.39, 0.29) is 6.04 Å².